The summed E-state index contributed by atoms with van der Waals surface area (Å²) in [6, 6.07) is 2.07. The van der Waals surface area contributed by atoms with Gasteiger partial charge in [0.15, 0.2) is 0 Å². The van der Waals surface area contributed by atoms with Crippen molar-refractivity contribution in [2.75, 3.05) is 0 Å². The first kappa shape index (κ1) is 8.30. The number of fused-ring (bicyclic) bond motifs is 1. The predicted octanol–water partition coefficient (Wildman–Crippen LogP) is 2.51. The highest BCUT2D eigenvalue weighted by molar-refractivity contribution is 5.60. The molecule has 2 nitrogen and oxygen atoms in total. The van der Waals surface area contributed by atoms with Crippen LogP contribution in [-0.4, -0.2) is 9.38 Å². The Balaban J connectivity index is 2.88. The summed E-state index contributed by atoms with van der Waals surface area (Å²) in [7, 11) is 0. The zero-order chi connectivity index (χ0) is 9.42. The van der Waals surface area contributed by atoms with Gasteiger partial charge in [-0.1, -0.05) is 6.92 Å². The molecule has 0 aliphatic heterocycles. The second-order valence-electron chi connectivity index (χ2n) is 3.38. The lowest BCUT2D eigenvalue weighted by molar-refractivity contribution is 1.01. The average Bonchev–Trinajstić information content (AvgIpc) is 2.41. The quantitative estimate of drug-likeness (QED) is 0.649. The van der Waals surface area contributed by atoms with Crippen LogP contribution < -0.4 is 0 Å². The van der Waals surface area contributed by atoms with E-state index < -0.39 is 0 Å². The van der Waals surface area contributed by atoms with Crippen molar-refractivity contribution in [2.24, 2.45) is 0 Å². The van der Waals surface area contributed by atoms with E-state index in [9.17, 15) is 0 Å². The normalized spacial score (nSPS) is 11.0. The molecule has 0 radical (unpaired) electrons. The molecule has 0 aliphatic carbocycles. The number of aryl methyl sites for hydroxylation is 2. The Hall–Kier alpha value is -1.31. The van der Waals surface area contributed by atoms with Crippen molar-refractivity contribution < 1.29 is 0 Å². The molecule has 2 rings (SSSR count). The van der Waals surface area contributed by atoms with E-state index in [0.717, 1.165) is 6.42 Å². The van der Waals surface area contributed by atoms with Crippen molar-refractivity contribution in [3.63, 3.8) is 0 Å². The van der Waals surface area contributed by atoms with E-state index in [1.165, 1.54) is 22.3 Å². The summed E-state index contributed by atoms with van der Waals surface area (Å²) in [5.74, 6) is 0. The summed E-state index contributed by atoms with van der Waals surface area (Å²) in [6.45, 7) is 6.53. The second kappa shape index (κ2) is 2.87. The lowest BCUT2D eigenvalue weighted by Crippen LogP contribution is -1.88. The Morgan fingerprint density at radius 1 is 1.38 bits per heavy atom. The molecule has 0 saturated carbocycles. The van der Waals surface area contributed by atoms with Crippen LogP contribution in [0.25, 0.3) is 5.52 Å². The molecule has 2 heterocycles. The summed E-state index contributed by atoms with van der Waals surface area (Å²) < 4.78 is 2.16. The maximum absolute atomic E-state index is 4.13. The van der Waals surface area contributed by atoms with Gasteiger partial charge in [0, 0.05) is 11.9 Å². The van der Waals surface area contributed by atoms with Gasteiger partial charge < -0.3 is 4.40 Å². The Morgan fingerprint density at radius 2 is 2.15 bits per heavy atom. The minimum atomic E-state index is 1.10. The fraction of sp³-hybridized carbons (Fsp3) is 0.364. The molecular weight excluding hydrogens is 160 g/mol. The average molecular weight is 174 g/mol. The van der Waals surface area contributed by atoms with Crippen LogP contribution in [0.5, 0.6) is 0 Å². The molecule has 0 fully saturated rings. The van der Waals surface area contributed by atoms with Crippen LogP contribution >= 0.6 is 0 Å². The largest absolute Gasteiger partial charge is 0.305 e. The molecule has 0 saturated heterocycles. The van der Waals surface area contributed by atoms with Crippen LogP contribution in [0.2, 0.25) is 0 Å². The molecule has 0 amide bonds. The van der Waals surface area contributed by atoms with Crippen molar-refractivity contribution in [3.05, 3.63) is 35.4 Å². The summed E-state index contributed by atoms with van der Waals surface area (Å²) in [5.41, 5.74) is 5.45. The van der Waals surface area contributed by atoms with E-state index in [4.69, 9.17) is 0 Å². The van der Waals surface area contributed by atoms with Gasteiger partial charge in [-0.05, 0) is 37.5 Å². The lowest BCUT2D eigenvalue weighted by atomic mass is 10.1. The van der Waals surface area contributed by atoms with Gasteiger partial charge in [0.2, 0.25) is 0 Å². The molecule has 0 N–H and O–H groups in total. The molecule has 13 heavy (non-hydrogen) atoms. The van der Waals surface area contributed by atoms with Crippen molar-refractivity contribution >= 4 is 5.52 Å². The van der Waals surface area contributed by atoms with Gasteiger partial charge >= 0.3 is 0 Å². The standard InChI is InChI=1S/C11H14N2/c1-4-10-8(2)11-5-6-12-7-13(11)9(10)3/h5-7H,4H2,1-3H3. The van der Waals surface area contributed by atoms with Gasteiger partial charge in [0.1, 0.15) is 0 Å². The van der Waals surface area contributed by atoms with Crippen LogP contribution in [-0.2, 0) is 6.42 Å². The highest BCUT2D eigenvalue weighted by Crippen LogP contribution is 2.21. The van der Waals surface area contributed by atoms with Gasteiger partial charge in [-0.15, -0.1) is 0 Å². The fourth-order valence-corrected chi connectivity index (χ4v) is 2.03. The topological polar surface area (TPSA) is 17.3 Å². The number of hydrogen-bond donors (Lipinski definition) is 0. The highest BCUT2D eigenvalue weighted by Gasteiger charge is 2.08. The van der Waals surface area contributed by atoms with E-state index in [1.54, 1.807) is 0 Å². The molecule has 68 valence electrons. The van der Waals surface area contributed by atoms with Gasteiger partial charge in [-0.25, -0.2) is 4.98 Å². The summed E-state index contributed by atoms with van der Waals surface area (Å²) in [5, 5.41) is 0. The summed E-state index contributed by atoms with van der Waals surface area (Å²) >= 11 is 0. The van der Waals surface area contributed by atoms with E-state index in [0.29, 0.717) is 0 Å². The molecule has 2 heteroatoms. The van der Waals surface area contributed by atoms with Crippen molar-refractivity contribution in [2.45, 2.75) is 27.2 Å². The second-order valence-corrected chi connectivity index (χ2v) is 3.38. The maximum Gasteiger partial charge on any atom is 0.0992 e. The SMILES string of the molecule is CCc1c(C)c2ccncn2c1C. The van der Waals surface area contributed by atoms with Gasteiger partial charge in [-0.2, -0.15) is 0 Å². The Kier molecular flexibility index (Phi) is 1.83. The van der Waals surface area contributed by atoms with Gasteiger partial charge in [0.05, 0.1) is 11.8 Å². The third-order valence-electron chi connectivity index (χ3n) is 2.75. The van der Waals surface area contributed by atoms with Crippen LogP contribution in [0, 0.1) is 13.8 Å². The van der Waals surface area contributed by atoms with E-state index in [2.05, 4.69) is 36.2 Å². The Bertz CT molecular complexity index is 402. The van der Waals surface area contributed by atoms with Gasteiger partial charge in [-0.3, -0.25) is 0 Å². The predicted molar refractivity (Wildman–Crippen MR) is 54.0 cm³/mol. The third kappa shape index (κ3) is 1.05. The van der Waals surface area contributed by atoms with Crippen LogP contribution in [0.4, 0.5) is 0 Å². The lowest BCUT2D eigenvalue weighted by Gasteiger charge is -1.96. The fourth-order valence-electron chi connectivity index (χ4n) is 2.03. The smallest absolute Gasteiger partial charge is 0.0992 e. The zero-order valence-electron chi connectivity index (χ0n) is 8.33. The van der Waals surface area contributed by atoms with E-state index in [-0.39, 0.29) is 0 Å². The van der Waals surface area contributed by atoms with Crippen molar-refractivity contribution in [1.82, 2.24) is 9.38 Å². The first-order valence-corrected chi connectivity index (χ1v) is 4.65. The molecule has 0 aliphatic rings. The number of hydrogen-bond acceptors (Lipinski definition) is 1. The Morgan fingerprint density at radius 3 is 2.77 bits per heavy atom. The molecule has 0 bridgehead atoms. The monoisotopic (exact) mass is 174 g/mol. The van der Waals surface area contributed by atoms with E-state index in [1.807, 2.05) is 12.5 Å². The third-order valence-corrected chi connectivity index (χ3v) is 2.75. The first-order valence-electron chi connectivity index (χ1n) is 4.65. The summed E-state index contributed by atoms with van der Waals surface area (Å²) in [4.78, 5) is 4.13. The molecular formula is C11H14N2. The molecule has 0 atom stereocenters. The molecule has 2 aromatic heterocycles. The van der Waals surface area contributed by atoms with Crippen LogP contribution in [0.1, 0.15) is 23.7 Å². The van der Waals surface area contributed by atoms with Crippen LogP contribution in [0.3, 0.4) is 0 Å². The van der Waals surface area contributed by atoms with Crippen molar-refractivity contribution in [3.8, 4) is 0 Å². The summed E-state index contributed by atoms with van der Waals surface area (Å²) in [6.07, 6.45) is 4.83. The number of nitrogens with zero attached hydrogens (tertiary/aromatic N) is 2. The minimum Gasteiger partial charge on any atom is -0.305 e. The van der Waals surface area contributed by atoms with Gasteiger partial charge in [0.25, 0.3) is 0 Å². The minimum absolute atomic E-state index is 1.10. The van der Waals surface area contributed by atoms with Crippen molar-refractivity contribution in [1.29, 1.82) is 0 Å². The molecule has 2 aromatic rings. The van der Waals surface area contributed by atoms with Crippen LogP contribution in [0.15, 0.2) is 18.6 Å². The maximum atomic E-state index is 4.13. The Labute approximate surface area is 78.2 Å². The molecule has 0 unspecified atom stereocenters. The molecule has 0 spiro atoms. The van der Waals surface area contributed by atoms with E-state index >= 15 is 0 Å². The number of aromatic nitrogens is 2. The first-order chi connectivity index (χ1) is 6.25. The number of rotatable bonds is 1. The highest BCUT2D eigenvalue weighted by atomic mass is 15.0. The molecule has 0 aromatic carbocycles. The zero-order valence-corrected chi connectivity index (χ0v) is 8.33.